The lowest BCUT2D eigenvalue weighted by atomic mass is 10.1. The Morgan fingerprint density at radius 1 is 1.50 bits per heavy atom. The molecule has 88 valence electrons. The van der Waals surface area contributed by atoms with Gasteiger partial charge in [-0.3, -0.25) is 4.79 Å². The lowest BCUT2D eigenvalue weighted by Crippen LogP contribution is -2.33. The number of carbonyl (C=O) groups excluding carboxylic acids is 1. The normalized spacial score (nSPS) is 12.2. The SMILES string of the molecule is Cc1cccc(C(=O)NCC(O)CO)c1O. The number of hydrogen-bond acceptors (Lipinski definition) is 4. The van der Waals surface area contributed by atoms with Gasteiger partial charge in [0.15, 0.2) is 0 Å². The van der Waals surface area contributed by atoms with Crippen molar-refractivity contribution in [3.05, 3.63) is 29.3 Å². The Labute approximate surface area is 93.4 Å². The molecule has 0 bridgehead atoms. The standard InChI is InChI=1S/C11H15NO4/c1-7-3-2-4-9(10(7)15)11(16)12-5-8(14)6-13/h2-4,8,13-15H,5-6H2,1H3,(H,12,16). The second-order valence-electron chi connectivity index (χ2n) is 3.52. The van der Waals surface area contributed by atoms with Gasteiger partial charge >= 0.3 is 0 Å². The molecule has 0 spiro atoms. The van der Waals surface area contributed by atoms with Gasteiger partial charge < -0.3 is 20.6 Å². The molecule has 5 heteroatoms. The zero-order chi connectivity index (χ0) is 12.1. The van der Waals surface area contributed by atoms with Crippen molar-refractivity contribution in [1.82, 2.24) is 5.32 Å². The number of hydrogen-bond donors (Lipinski definition) is 4. The first-order valence-corrected chi connectivity index (χ1v) is 4.92. The average Bonchev–Trinajstić information content (AvgIpc) is 2.29. The fourth-order valence-corrected chi connectivity index (χ4v) is 1.21. The van der Waals surface area contributed by atoms with E-state index in [1.807, 2.05) is 0 Å². The monoisotopic (exact) mass is 225 g/mol. The van der Waals surface area contributed by atoms with Crippen molar-refractivity contribution >= 4 is 5.91 Å². The van der Waals surface area contributed by atoms with Crippen LogP contribution in [0.2, 0.25) is 0 Å². The minimum absolute atomic E-state index is 0.0529. The van der Waals surface area contributed by atoms with Gasteiger partial charge in [-0.15, -0.1) is 0 Å². The van der Waals surface area contributed by atoms with E-state index < -0.39 is 18.6 Å². The first-order valence-electron chi connectivity index (χ1n) is 4.92. The van der Waals surface area contributed by atoms with Gasteiger partial charge in [0.2, 0.25) is 0 Å². The van der Waals surface area contributed by atoms with E-state index in [1.54, 1.807) is 19.1 Å². The Hall–Kier alpha value is -1.59. The largest absolute Gasteiger partial charge is 0.507 e. The van der Waals surface area contributed by atoms with Gasteiger partial charge in [0, 0.05) is 6.54 Å². The zero-order valence-corrected chi connectivity index (χ0v) is 8.97. The summed E-state index contributed by atoms with van der Waals surface area (Å²) < 4.78 is 0. The molecule has 1 amide bonds. The quantitative estimate of drug-likeness (QED) is 0.570. The molecular weight excluding hydrogens is 210 g/mol. The van der Waals surface area contributed by atoms with Crippen LogP contribution in [0.1, 0.15) is 15.9 Å². The Bertz CT molecular complexity index is 378. The van der Waals surface area contributed by atoms with Crippen LogP contribution in [0.3, 0.4) is 0 Å². The minimum atomic E-state index is -0.990. The van der Waals surface area contributed by atoms with Gasteiger partial charge in [-0.05, 0) is 18.6 Å². The smallest absolute Gasteiger partial charge is 0.255 e. The Balaban J connectivity index is 2.70. The molecule has 1 unspecified atom stereocenters. The summed E-state index contributed by atoms with van der Waals surface area (Å²) in [5, 5.41) is 29.6. The summed E-state index contributed by atoms with van der Waals surface area (Å²) in [4.78, 5) is 11.6. The second-order valence-corrected chi connectivity index (χ2v) is 3.52. The maximum absolute atomic E-state index is 11.6. The van der Waals surface area contributed by atoms with Crippen LogP contribution in [0.15, 0.2) is 18.2 Å². The summed E-state index contributed by atoms with van der Waals surface area (Å²) in [6.45, 7) is 1.22. The van der Waals surface area contributed by atoms with Gasteiger partial charge in [-0.25, -0.2) is 0 Å². The fraction of sp³-hybridized carbons (Fsp3) is 0.364. The highest BCUT2D eigenvalue weighted by Gasteiger charge is 2.13. The average molecular weight is 225 g/mol. The maximum Gasteiger partial charge on any atom is 0.255 e. The number of rotatable bonds is 4. The predicted molar refractivity (Wildman–Crippen MR) is 58.3 cm³/mol. The number of aliphatic hydroxyl groups excluding tert-OH is 2. The molecule has 0 radical (unpaired) electrons. The molecule has 0 aliphatic heterocycles. The van der Waals surface area contributed by atoms with E-state index in [0.29, 0.717) is 5.56 Å². The summed E-state index contributed by atoms with van der Waals surface area (Å²) in [6, 6.07) is 4.84. The summed E-state index contributed by atoms with van der Waals surface area (Å²) in [6.07, 6.45) is -0.990. The van der Waals surface area contributed by atoms with Gasteiger partial charge in [0.1, 0.15) is 5.75 Å². The first-order chi connectivity index (χ1) is 7.56. The highest BCUT2D eigenvalue weighted by Crippen LogP contribution is 2.20. The lowest BCUT2D eigenvalue weighted by molar-refractivity contribution is 0.0800. The summed E-state index contributed by atoms with van der Waals surface area (Å²) in [7, 11) is 0. The lowest BCUT2D eigenvalue weighted by Gasteiger charge is -2.10. The minimum Gasteiger partial charge on any atom is -0.507 e. The number of amides is 1. The summed E-state index contributed by atoms with van der Waals surface area (Å²) in [5.41, 5.74) is 0.764. The maximum atomic E-state index is 11.6. The van der Waals surface area contributed by atoms with Crippen LogP contribution in [0.5, 0.6) is 5.75 Å². The molecule has 0 fully saturated rings. The molecule has 0 saturated heterocycles. The van der Waals surface area contributed by atoms with Crippen LogP contribution in [0.4, 0.5) is 0 Å². The van der Waals surface area contributed by atoms with Crippen LogP contribution < -0.4 is 5.32 Å². The third-order valence-corrected chi connectivity index (χ3v) is 2.19. The van der Waals surface area contributed by atoms with Crippen molar-refractivity contribution in [2.24, 2.45) is 0 Å². The van der Waals surface area contributed by atoms with Crippen LogP contribution in [-0.4, -0.2) is 40.5 Å². The molecular formula is C11H15NO4. The van der Waals surface area contributed by atoms with E-state index in [0.717, 1.165) is 0 Å². The van der Waals surface area contributed by atoms with Crippen molar-refractivity contribution in [2.75, 3.05) is 13.2 Å². The number of phenolic OH excluding ortho intramolecular Hbond substituents is 1. The Morgan fingerprint density at radius 3 is 2.81 bits per heavy atom. The number of para-hydroxylation sites is 1. The van der Waals surface area contributed by atoms with Gasteiger partial charge in [0.05, 0.1) is 18.3 Å². The summed E-state index contributed by atoms with van der Waals surface area (Å²) >= 11 is 0. The predicted octanol–water partition coefficient (Wildman–Crippen LogP) is -0.216. The van der Waals surface area contributed by atoms with Crippen molar-refractivity contribution in [1.29, 1.82) is 0 Å². The second kappa shape index (κ2) is 5.48. The van der Waals surface area contributed by atoms with E-state index >= 15 is 0 Å². The van der Waals surface area contributed by atoms with Crippen molar-refractivity contribution < 1.29 is 20.1 Å². The van der Waals surface area contributed by atoms with E-state index in [2.05, 4.69) is 5.32 Å². The van der Waals surface area contributed by atoms with Gasteiger partial charge in [0.25, 0.3) is 5.91 Å². The number of aryl methyl sites for hydroxylation is 1. The third kappa shape index (κ3) is 2.95. The molecule has 16 heavy (non-hydrogen) atoms. The topological polar surface area (TPSA) is 89.8 Å². The number of phenols is 1. The number of nitrogens with one attached hydrogen (secondary N) is 1. The highest BCUT2D eigenvalue weighted by molar-refractivity contribution is 5.97. The molecule has 1 rings (SSSR count). The molecule has 0 aromatic heterocycles. The van der Waals surface area contributed by atoms with Crippen LogP contribution in [0.25, 0.3) is 0 Å². The van der Waals surface area contributed by atoms with E-state index in [-0.39, 0.29) is 17.9 Å². The van der Waals surface area contributed by atoms with Gasteiger partial charge in [-0.1, -0.05) is 12.1 Å². The number of aromatic hydroxyl groups is 1. The number of carbonyl (C=O) groups is 1. The van der Waals surface area contributed by atoms with E-state index in [4.69, 9.17) is 10.2 Å². The van der Waals surface area contributed by atoms with E-state index in [9.17, 15) is 9.90 Å². The van der Waals surface area contributed by atoms with E-state index in [1.165, 1.54) is 6.07 Å². The van der Waals surface area contributed by atoms with Gasteiger partial charge in [-0.2, -0.15) is 0 Å². The van der Waals surface area contributed by atoms with Crippen LogP contribution in [-0.2, 0) is 0 Å². The Morgan fingerprint density at radius 2 is 2.19 bits per heavy atom. The van der Waals surface area contributed by atoms with Crippen LogP contribution in [0, 0.1) is 6.92 Å². The van der Waals surface area contributed by atoms with Crippen molar-refractivity contribution in [3.8, 4) is 5.75 Å². The molecule has 1 aromatic rings. The molecule has 0 saturated carbocycles. The fourth-order valence-electron chi connectivity index (χ4n) is 1.21. The Kier molecular flexibility index (Phi) is 4.28. The van der Waals surface area contributed by atoms with Crippen LogP contribution >= 0.6 is 0 Å². The molecule has 5 nitrogen and oxygen atoms in total. The summed E-state index contributed by atoms with van der Waals surface area (Å²) in [5.74, 6) is -0.549. The first kappa shape index (κ1) is 12.5. The number of aliphatic hydroxyl groups is 2. The molecule has 0 aliphatic carbocycles. The molecule has 1 aromatic carbocycles. The van der Waals surface area contributed by atoms with Crippen molar-refractivity contribution in [3.63, 3.8) is 0 Å². The highest BCUT2D eigenvalue weighted by atomic mass is 16.3. The molecule has 0 heterocycles. The molecule has 0 aliphatic rings. The number of benzene rings is 1. The molecule has 4 N–H and O–H groups in total. The third-order valence-electron chi connectivity index (χ3n) is 2.19. The van der Waals surface area contributed by atoms with Crippen molar-refractivity contribution in [2.45, 2.75) is 13.0 Å². The zero-order valence-electron chi connectivity index (χ0n) is 8.97. The molecule has 1 atom stereocenters.